The van der Waals surface area contributed by atoms with E-state index in [2.05, 4.69) is 10.3 Å². The topological polar surface area (TPSA) is 42.0 Å². The number of hydrogen-bond donors (Lipinski definition) is 1. The van der Waals surface area contributed by atoms with E-state index in [-0.39, 0.29) is 18.1 Å². The molecule has 0 unspecified atom stereocenters. The molecule has 1 aromatic heterocycles. The first-order chi connectivity index (χ1) is 10.6. The lowest BCUT2D eigenvalue weighted by atomic mass is 10.1. The molecule has 3 aromatic rings. The van der Waals surface area contributed by atoms with Gasteiger partial charge in [0.15, 0.2) is 0 Å². The van der Waals surface area contributed by atoms with Crippen molar-refractivity contribution in [2.24, 2.45) is 0 Å². The molecule has 0 aliphatic carbocycles. The Labute approximate surface area is 127 Å². The van der Waals surface area contributed by atoms with Gasteiger partial charge in [0.25, 0.3) is 0 Å². The molecular weight excluding hydrogens is 279 g/mol. The summed E-state index contributed by atoms with van der Waals surface area (Å²) in [6.07, 6.45) is 0.197. The fourth-order valence-corrected chi connectivity index (χ4v) is 2.33. The third-order valence-corrected chi connectivity index (χ3v) is 3.41. The number of pyridine rings is 1. The average molecular weight is 294 g/mol. The van der Waals surface area contributed by atoms with Crippen LogP contribution in [0.25, 0.3) is 10.9 Å². The van der Waals surface area contributed by atoms with E-state index < -0.39 is 0 Å². The van der Waals surface area contributed by atoms with Gasteiger partial charge >= 0.3 is 0 Å². The van der Waals surface area contributed by atoms with Gasteiger partial charge in [-0.15, -0.1) is 0 Å². The minimum absolute atomic E-state index is 0.151. The lowest BCUT2D eigenvalue weighted by Crippen LogP contribution is -2.14. The van der Waals surface area contributed by atoms with Crippen LogP contribution in [-0.4, -0.2) is 10.9 Å². The number of halogens is 1. The molecule has 2 aromatic carbocycles. The van der Waals surface area contributed by atoms with E-state index in [1.165, 1.54) is 12.1 Å². The van der Waals surface area contributed by atoms with Crippen molar-refractivity contribution < 1.29 is 9.18 Å². The Morgan fingerprint density at radius 3 is 2.64 bits per heavy atom. The van der Waals surface area contributed by atoms with Gasteiger partial charge in [-0.3, -0.25) is 9.78 Å². The van der Waals surface area contributed by atoms with Crippen LogP contribution in [0.4, 0.5) is 10.1 Å². The molecule has 0 saturated carbocycles. The van der Waals surface area contributed by atoms with E-state index in [9.17, 15) is 9.18 Å². The van der Waals surface area contributed by atoms with Crippen LogP contribution in [0.2, 0.25) is 0 Å². The van der Waals surface area contributed by atoms with Crippen LogP contribution in [-0.2, 0) is 11.2 Å². The number of amides is 1. The fraction of sp³-hybridized carbons (Fsp3) is 0.111. The number of rotatable bonds is 3. The molecule has 0 radical (unpaired) electrons. The highest BCUT2D eigenvalue weighted by Crippen LogP contribution is 2.22. The Hall–Kier alpha value is -2.75. The smallest absolute Gasteiger partial charge is 0.228 e. The Kier molecular flexibility index (Phi) is 3.83. The third-order valence-electron chi connectivity index (χ3n) is 3.41. The highest BCUT2D eigenvalue weighted by molar-refractivity contribution is 6.00. The lowest BCUT2D eigenvalue weighted by Gasteiger charge is -2.09. The van der Waals surface area contributed by atoms with Crippen molar-refractivity contribution in [3.8, 4) is 0 Å². The number of anilines is 1. The summed E-state index contributed by atoms with van der Waals surface area (Å²) in [5.41, 5.74) is 3.12. The predicted octanol–water partition coefficient (Wildman–Crippen LogP) is 3.86. The van der Waals surface area contributed by atoms with Gasteiger partial charge in [-0.2, -0.15) is 0 Å². The maximum absolute atomic E-state index is 12.9. The first-order valence-electron chi connectivity index (χ1n) is 7.02. The molecule has 0 saturated heterocycles. The number of para-hydroxylation sites is 1. The zero-order chi connectivity index (χ0) is 15.5. The predicted molar refractivity (Wildman–Crippen MR) is 85.2 cm³/mol. The molecule has 4 heteroatoms. The first kappa shape index (κ1) is 14.2. The molecule has 0 bridgehead atoms. The third kappa shape index (κ3) is 3.11. The van der Waals surface area contributed by atoms with E-state index in [1.54, 1.807) is 12.1 Å². The minimum Gasteiger partial charge on any atom is -0.324 e. The van der Waals surface area contributed by atoms with Gasteiger partial charge in [-0.25, -0.2) is 4.39 Å². The molecule has 1 amide bonds. The van der Waals surface area contributed by atoms with Gasteiger partial charge in [0.05, 0.1) is 17.6 Å². The summed E-state index contributed by atoms with van der Waals surface area (Å²) in [4.78, 5) is 16.6. The minimum atomic E-state index is -0.308. The van der Waals surface area contributed by atoms with Crippen molar-refractivity contribution in [1.82, 2.24) is 4.98 Å². The number of nitrogens with one attached hydrogen (secondary N) is 1. The Bertz CT molecular complexity index is 828. The van der Waals surface area contributed by atoms with E-state index in [0.29, 0.717) is 5.69 Å². The monoisotopic (exact) mass is 294 g/mol. The molecule has 0 spiro atoms. The number of aryl methyl sites for hydroxylation is 1. The zero-order valence-electron chi connectivity index (χ0n) is 12.1. The fourth-order valence-electron chi connectivity index (χ4n) is 2.33. The summed E-state index contributed by atoms with van der Waals surface area (Å²) in [6, 6.07) is 15.5. The quantitative estimate of drug-likeness (QED) is 0.797. The van der Waals surface area contributed by atoms with Crippen LogP contribution < -0.4 is 5.32 Å². The van der Waals surface area contributed by atoms with Crippen molar-refractivity contribution in [3.63, 3.8) is 0 Å². The molecule has 3 rings (SSSR count). The van der Waals surface area contributed by atoms with Gasteiger partial charge < -0.3 is 5.32 Å². The van der Waals surface area contributed by atoms with Crippen LogP contribution in [0.15, 0.2) is 54.6 Å². The standard InChI is InChI=1S/C18H15FN2O/c1-12-5-8-14-3-2-4-16(18(14)20-12)21-17(22)11-13-6-9-15(19)10-7-13/h2-10H,11H2,1H3,(H,21,22). The lowest BCUT2D eigenvalue weighted by molar-refractivity contribution is -0.115. The largest absolute Gasteiger partial charge is 0.324 e. The number of carbonyl (C=O) groups excluding carboxylic acids is 1. The van der Waals surface area contributed by atoms with Gasteiger partial charge in [0.2, 0.25) is 5.91 Å². The zero-order valence-corrected chi connectivity index (χ0v) is 12.1. The molecule has 0 aliphatic heterocycles. The van der Waals surface area contributed by atoms with E-state index in [4.69, 9.17) is 0 Å². The van der Waals surface area contributed by atoms with Crippen molar-refractivity contribution >= 4 is 22.5 Å². The molecule has 0 atom stereocenters. The van der Waals surface area contributed by atoms with Crippen LogP contribution in [0, 0.1) is 12.7 Å². The Balaban J connectivity index is 1.82. The SMILES string of the molecule is Cc1ccc2cccc(NC(=O)Cc3ccc(F)cc3)c2n1. The summed E-state index contributed by atoms with van der Waals surface area (Å²) in [5, 5.41) is 3.86. The number of hydrogen-bond acceptors (Lipinski definition) is 2. The number of benzene rings is 2. The maximum Gasteiger partial charge on any atom is 0.228 e. The molecular formula is C18H15FN2O. The van der Waals surface area contributed by atoms with Crippen LogP contribution in [0.1, 0.15) is 11.3 Å². The first-order valence-corrected chi connectivity index (χ1v) is 7.02. The number of carbonyl (C=O) groups is 1. The number of fused-ring (bicyclic) bond motifs is 1. The summed E-state index contributed by atoms with van der Waals surface area (Å²) in [6.45, 7) is 1.91. The Morgan fingerprint density at radius 2 is 1.86 bits per heavy atom. The van der Waals surface area contributed by atoms with Gasteiger partial charge in [0.1, 0.15) is 5.82 Å². The summed E-state index contributed by atoms with van der Waals surface area (Å²) < 4.78 is 12.9. The molecule has 22 heavy (non-hydrogen) atoms. The highest BCUT2D eigenvalue weighted by atomic mass is 19.1. The van der Waals surface area contributed by atoms with Gasteiger partial charge in [0, 0.05) is 11.1 Å². The van der Waals surface area contributed by atoms with E-state index in [0.717, 1.165) is 22.2 Å². The summed E-state index contributed by atoms with van der Waals surface area (Å²) in [7, 11) is 0. The van der Waals surface area contributed by atoms with E-state index in [1.807, 2.05) is 37.3 Å². The van der Waals surface area contributed by atoms with Crippen LogP contribution in [0.5, 0.6) is 0 Å². The van der Waals surface area contributed by atoms with Crippen LogP contribution in [0.3, 0.4) is 0 Å². The van der Waals surface area contributed by atoms with Crippen molar-refractivity contribution in [2.45, 2.75) is 13.3 Å². The second kappa shape index (κ2) is 5.93. The molecule has 110 valence electrons. The summed E-state index contributed by atoms with van der Waals surface area (Å²) >= 11 is 0. The number of aromatic nitrogens is 1. The average Bonchev–Trinajstić information content (AvgIpc) is 2.50. The van der Waals surface area contributed by atoms with Crippen molar-refractivity contribution in [2.75, 3.05) is 5.32 Å². The highest BCUT2D eigenvalue weighted by Gasteiger charge is 2.08. The second-order valence-corrected chi connectivity index (χ2v) is 5.18. The summed E-state index contributed by atoms with van der Waals surface area (Å²) in [5.74, 6) is -0.458. The van der Waals surface area contributed by atoms with Gasteiger partial charge in [-0.05, 0) is 36.8 Å². The maximum atomic E-state index is 12.9. The van der Waals surface area contributed by atoms with Gasteiger partial charge in [-0.1, -0.05) is 30.3 Å². The Morgan fingerprint density at radius 1 is 1.09 bits per heavy atom. The number of nitrogens with zero attached hydrogens (tertiary/aromatic N) is 1. The molecule has 1 N–H and O–H groups in total. The van der Waals surface area contributed by atoms with Crippen molar-refractivity contribution in [1.29, 1.82) is 0 Å². The second-order valence-electron chi connectivity index (χ2n) is 5.18. The van der Waals surface area contributed by atoms with Crippen LogP contribution >= 0.6 is 0 Å². The molecule has 3 nitrogen and oxygen atoms in total. The van der Waals surface area contributed by atoms with E-state index >= 15 is 0 Å². The van der Waals surface area contributed by atoms with Crippen molar-refractivity contribution in [3.05, 3.63) is 71.7 Å². The molecule has 1 heterocycles. The normalized spacial score (nSPS) is 10.6. The molecule has 0 fully saturated rings. The molecule has 0 aliphatic rings.